The number of anilines is 1. The summed E-state index contributed by atoms with van der Waals surface area (Å²) in [5.41, 5.74) is 3.34. The Hall–Kier alpha value is -2.54. The fourth-order valence-corrected chi connectivity index (χ4v) is 4.51. The SMILES string of the molecule is COc1ccccc1CCCNC(=O)[C@H](C)N(c1cc(C)ccc1C)S(C)(=O)=O. The summed E-state index contributed by atoms with van der Waals surface area (Å²) in [6, 6.07) is 12.5. The van der Waals surface area contributed by atoms with Crippen molar-refractivity contribution in [3.63, 3.8) is 0 Å². The summed E-state index contributed by atoms with van der Waals surface area (Å²) in [6.45, 7) is 5.79. The van der Waals surface area contributed by atoms with Crippen molar-refractivity contribution < 1.29 is 17.9 Å². The number of aryl methyl sites for hydroxylation is 3. The Kier molecular flexibility index (Phi) is 7.67. The average Bonchev–Trinajstić information content (AvgIpc) is 2.67. The molecule has 2 rings (SSSR count). The molecule has 0 spiro atoms. The van der Waals surface area contributed by atoms with E-state index in [0.717, 1.165) is 41.5 Å². The lowest BCUT2D eigenvalue weighted by atomic mass is 10.1. The molecule has 6 nitrogen and oxygen atoms in total. The monoisotopic (exact) mass is 418 g/mol. The lowest BCUT2D eigenvalue weighted by Gasteiger charge is -2.29. The van der Waals surface area contributed by atoms with E-state index in [2.05, 4.69) is 5.32 Å². The molecule has 0 aliphatic carbocycles. The predicted octanol–water partition coefficient (Wildman–Crippen LogP) is 3.22. The molecule has 0 saturated carbocycles. The number of hydrogen-bond donors (Lipinski definition) is 1. The van der Waals surface area contributed by atoms with Crippen molar-refractivity contribution in [2.75, 3.05) is 24.2 Å². The van der Waals surface area contributed by atoms with Crippen molar-refractivity contribution in [2.24, 2.45) is 0 Å². The number of methoxy groups -OCH3 is 1. The van der Waals surface area contributed by atoms with Crippen LogP contribution in [0.4, 0.5) is 5.69 Å². The first-order valence-corrected chi connectivity index (χ1v) is 11.5. The van der Waals surface area contributed by atoms with E-state index in [1.807, 2.05) is 50.2 Å². The molecule has 0 radical (unpaired) electrons. The second kappa shape index (κ2) is 9.78. The number of benzene rings is 2. The normalized spacial score (nSPS) is 12.3. The first-order chi connectivity index (χ1) is 13.6. The van der Waals surface area contributed by atoms with Crippen LogP contribution in [0.25, 0.3) is 0 Å². The lowest BCUT2D eigenvalue weighted by Crippen LogP contribution is -2.48. The van der Waals surface area contributed by atoms with Crippen LogP contribution in [-0.2, 0) is 21.2 Å². The van der Waals surface area contributed by atoms with Crippen LogP contribution < -0.4 is 14.4 Å². The molecule has 0 bridgehead atoms. The van der Waals surface area contributed by atoms with Crippen molar-refractivity contribution in [1.82, 2.24) is 5.32 Å². The first kappa shape index (κ1) is 22.7. The van der Waals surface area contributed by atoms with Gasteiger partial charge in [0, 0.05) is 6.54 Å². The van der Waals surface area contributed by atoms with Crippen molar-refractivity contribution in [3.8, 4) is 5.75 Å². The minimum Gasteiger partial charge on any atom is -0.496 e. The maximum Gasteiger partial charge on any atom is 0.243 e. The van der Waals surface area contributed by atoms with Gasteiger partial charge in [-0.25, -0.2) is 8.42 Å². The van der Waals surface area contributed by atoms with Gasteiger partial charge in [0.15, 0.2) is 0 Å². The topological polar surface area (TPSA) is 75.7 Å². The van der Waals surface area contributed by atoms with Gasteiger partial charge >= 0.3 is 0 Å². The Labute approximate surface area is 173 Å². The maximum absolute atomic E-state index is 12.7. The fraction of sp³-hybridized carbons (Fsp3) is 0.409. The van der Waals surface area contributed by atoms with Gasteiger partial charge in [-0.15, -0.1) is 0 Å². The molecule has 1 atom stereocenters. The minimum absolute atomic E-state index is 0.323. The lowest BCUT2D eigenvalue weighted by molar-refractivity contribution is -0.121. The Morgan fingerprint density at radius 3 is 2.52 bits per heavy atom. The highest BCUT2D eigenvalue weighted by molar-refractivity contribution is 7.92. The smallest absolute Gasteiger partial charge is 0.243 e. The third kappa shape index (κ3) is 5.97. The first-order valence-electron chi connectivity index (χ1n) is 9.61. The highest BCUT2D eigenvalue weighted by Crippen LogP contribution is 2.26. The van der Waals surface area contributed by atoms with E-state index in [4.69, 9.17) is 4.74 Å². The summed E-state index contributed by atoms with van der Waals surface area (Å²) < 4.78 is 31.5. The van der Waals surface area contributed by atoms with E-state index < -0.39 is 16.1 Å². The van der Waals surface area contributed by atoms with E-state index in [9.17, 15) is 13.2 Å². The molecule has 0 unspecified atom stereocenters. The Morgan fingerprint density at radius 1 is 1.17 bits per heavy atom. The molecule has 0 saturated heterocycles. The van der Waals surface area contributed by atoms with Crippen LogP contribution >= 0.6 is 0 Å². The number of carbonyl (C=O) groups is 1. The molecule has 0 heterocycles. The number of ether oxygens (including phenoxy) is 1. The van der Waals surface area contributed by atoms with Crippen LogP contribution in [-0.4, -0.2) is 40.3 Å². The molecular weight excluding hydrogens is 388 g/mol. The third-order valence-electron chi connectivity index (χ3n) is 4.81. The van der Waals surface area contributed by atoms with Gasteiger partial charge in [0.05, 0.1) is 19.1 Å². The average molecular weight is 419 g/mol. The van der Waals surface area contributed by atoms with E-state index in [-0.39, 0.29) is 5.91 Å². The summed E-state index contributed by atoms with van der Waals surface area (Å²) in [6.07, 6.45) is 2.60. The van der Waals surface area contributed by atoms with Gasteiger partial charge in [0.2, 0.25) is 15.9 Å². The molecule has 158 valence electrons. The number of nitrogens with one attached hydrogen (secondary N) is 1. The van der Waals surface area contributed by atoms with E-state index in [1.165, 1.54) is 4.31 Å². The van der Waals surface area contributed by atoms with E-state index in [1.54, 1.807) is 20.1 Å². The van der Waals surface area contributed by atoms with Gasteiger partial charge < -0.3 is 10.1 Å². The van der Waals surface area contributed by atoms with Crippen LogP contribution in [0.2, 0.25) is 0 Å². The highest BCUT2D eigenvalue weighted by atomic mass is 32.2. The summed E-state index contributed by atoms with van der Waals surface area (Å²) in [4.78, 5) is 12.7. The number of amides is 1. The zero-order valence-electron chi connectivity index (χ0n) is 17.7. The molecule has 2 aromatic rings. The summed E-state index contributed by atoms with van der Waals surface area (Å²) in [7, 11) is -1.99. The van der Waals surface area contributed by atoms with Gasteiger partial charge in [-0.3, -0.25) is 9.10 Å². The summed E-state index contributed by atoms with van der Waals surface area (Å²) in [5.74, 6) is 0.502. The van der Waals surface area contributed by atoms with Crippen molar-refractivity contribution >= 4 is 21.6 Å². The molecular formula is C22H30N2O4S. The number of sulfonamides is 1. The van der Waals surface area contributed by atoms with Gasteiger partial charge in [-0.05, 0) is 62.4 Å². The quantitative estimate of drug-likeness (QED) is 0.635. The molecule has 2 aromatic carbocycles. The van der Waals surface area contributed by atoms with Crippen LogP contribution in [0.5, 0.6) is 5.75 Å². The van der Waals surface area contributed by atoms with Crippen LogP contribution in [0.3, 0.4) is 0 Å². The standard InChI is InChI=1S/C22H30N2O4S/c1-16-12-13-17(2)20(15-16)24(29(5,26)27)18(3)22(25)23-14-8-10-19-9-6-7-11-21(19)28-4/h6-7,9,11-13,15,18H,8,10,14H2,1-5H3,(H,23,25)/t18-/m0/s1. The Bertz CT molecular complexity index is 957. The van der Waals surface area contributed by atoms with Crippen LogP contribution in [0, 0.1) is 13.8 Å². The number of para-hydroxylation sites is 1. The molecule has 0 aliphatic rings. The number of nitrogens with zero attached hydrogens (tertiary/aromatic N) is 1. The number of carbonyl (C=O) groups excluding carboxylic acids is 1. The van der Waals surface area contributed by atoms with E-state index in [0.29, 0.717) is 12.2 Å². The second-order valence-electron chi connectivity index (χ2n) is 7.23. The molecule has 1 N–H and O–H groups in total. The third-order valence-corrected chi connectivity index (χ3v) is 6.03. The van der Waals surface area contributed by atoms with Gasteiger partial charge in [0.25, 0.3) is 0 Å². The predicted molar refractivity (Wildman–Crippen MR) is 117 cm³/mol. The van der Waals surface area contributed by atoms with Gasteiger partial charge in [-0.1, -0.05) is 30.3 Å². The number of rotatable bonds is 9. The zero-order valence-corrected chi connectivity index (χ0v) is 18.5. The molecule has 0 fully saturated rings. The maximum atomic E-state index is 12.7. The zero-order chi connectivity index (χ0) is 21.6. The molecule has 29 heavy (non-hydrogen) atoms. The minimum atomic E-state index is -3.63. The van der Waals surface area contributed by atoms with Crippen LogP contribution in [0.15, 0.2) is 42.5 Å². The van der Waals surface area contributed by atoms with Gasteiger partial charge in [-0.2, -0.15) is 0 Å². The molecule has 0 aliphatic heterocycles. The molecule has 7 heteroatoms. The molecule has 0 aromatic heterocycles. The van der Waals surface area contributed by atoms with Crippen molar-refractivity contribution in [1.29, 1.82) is 0 Å². The Balaban J connectivity index is 2.05. The van der Waals surface area contributed by atoms with Crippen molar-refractivity contribution in [2.45, 2.75) is 39.7 Å². The van der Waals surface area contributed by atoms with Crippen LogP contribution in [0.1, 0.15) is 30.0 Å². The largest absolute Gasteiger partial charge is 0.496 e. The van der Waals surface area contributed by atoms with Crippen molar-refractivity contribution in [3.05, 3.63) is 59.2 Å². The second-order valence-corrected chi connectivity index (χ2v) is 9.09. The summed E-state index contributed by atoms with van der Waals surface area (Å²) >= 11 is 0. The highest BCUT2D eigenvalue weighted by Gasteiger charge is 2.30. The molecule has 1 amide bonds. The fourth-order valence-electron chi connectivity index (χ4n) is 3.29. The van der Waals surface area contributed by atoms with Gasteiger partial charge in [0.1, 0.15) is 11.8 Å². The van der Waals surface area contributed by atoms with E-state index >= 15 is 0 Å². The Morgan fingerprint density at radius 2 is 1.86 bits per heavy atom. The number of hydrogen-bond acceptors (Lipinski definition) is 4. The summed E-state index contributed by atoms with van der Waals surface area (Å²) in [5, 5.41) is 2.86.